The lowest BCUT2D eigenvalue weighted by Gasteiger charge is -2.09. The van der Waals surface area contributed by atoms with E-state index in [-0.39, 0.29) is 16.5 Å². The first-order valence-electron chi connectivity index (χ1n) is 6.10. The van der Waals surface area contributed by atoms with Gasteiger partial charge in [-0.05, 0) is 24.3 Å². The molecule has 0 fully saturated rings. The lowest BCUT2D eigenvalue weighted by atomic mass is 10.3. The fourth-order valence-corrected chi connectivity index (χ4v) is 3.46. The van der Waals surface area contributed by atoms with Gasteiger partial charge in [-0.15, -0.1) is 0 Å². The maximum absolute atomic E-state index is 12.3. The molecule has 3 rings (SSSR count). The monoisotopic (exact) mass is 322 g/mol. The molecule has 1 N–H and O–H groups in total. The Hall–Kier alpha value is -1.96. The van der Waals surface area contributed by atoms with Gasteiger partial charge in [-0.2, -0.15) is 5.10 Å². The minimum absolute atomic E-state index is 0.0532. The van der Waals surface area contributed by atoms with Gasteiger partial charge >= 0.3 is 0 Å². The third-order valence-corrected chi connectivity index (χ3v) is 4.85. The predicted octanol–water partition coefficient (Wildman–Crippen LogP) is 1.86. The summed E-state index contributed by atoms with van der Waals surface area (Å²) < 4.78 is 28.6. The Morgan fingerprint density at radius 1 is 1.14 bits per heavy atom. The van der Waals surface area contributed by atoms with Crippen molar-refractivity contribution in [1.29, 1.82) is 0 Å². The molecule has 6 nitrogen and oxygen atoms in total. The number of pyridine rings is 1. The van der Waals surface area contributed by atoms with Gasteiger partial charge in [0, 0.05) is 0 Å². The van der Waals surface area contributed by atoms with Crippen molar-refractivity contribution in [3.05, 3.63) is 59.5 Å². The molecule has 3 aromatic rings. The number of aromatic nitrogens is 3. The minimum Gasteiger partial charge on any atom is -0.217 e. The zero-order valence-electron chi connectivity index (χ0n) is 10.8. The fourth-order valence-electron chi connectivity index (χ4n) is 1.94. The molecule has 108 valence electrons. The maximum atomic E-state index is 12.3. The number of hydrogen-bond donors (Lipinski definition) is 1. The van der Waals surface area contributed by atoms with E-state index in [9.17, 15) is 8.42 Å². The second-order valence-electron chi connectivity index (χ2n) is 4.30. The van der Waals surface area contributed by atoms with Crippen molar-refractivity contribution in [2.75, 3.05) is 0 Å². The molecular formula is C13H11ClN4O2S. The van der Waals surface area contributed by atoms with Gasteiger partial charge in [0.15, 0.2) is 5.65 Å². The molecule has 0 saturated carbocycles. The van der Waals surface area contributed by atoms with Crippen LogP contribution in [0.15, 0.2) is 53.7 Å². The second-order valence-corrected chi connectivity index (χ2v) is 6.44. The van der Waals surface area contributed by atoms with Crippen LogP contribution in [0.3, 0.4) is 0 Å². The summed E-state index contributed by atoms with van der Waals surface area (Å²) in [7, 11) is -3.68. The topological polar surface area (TPSA) is 76.4 Å². The van der Waals surface area contributed by atoms with Crippen molar-refractivity contribution in [3.63, 3.8) is 0 Å². The summed E-state index contributed by atoms with van der Waals surface area (Å²) in [6.07, 6.45) is 1.42. The van der Waals surface area contributed by atoms with Gasteiger partial charge in [0.2, 0.25) is 10.0 Å². The molecule has 0 radical (unpaired) electrons. The summed E-state index contributed by atoms with van der Waals surface area (Å²) in [5.74, 6) is 0. The molecule has 0 bridgehead atoms. The van der Waals surface area contributed by atoms with E-state index in [0.717, 1.165) is 0 Å². The molecule has 0 unspecified atom stereocenters. The predicted molar refractivity (Wildman–Crippen MR) is 78.5 cm³/mol. The summed E-state index contributed by atoms with van der Waals surface area (Å²) in [6.45, 7) is 0.0915. The average Bonchev–Trinajstić information content (AvgIpc) is 2.94. The number of rotatable bonds is 4. The lowest BCUT2D eigenvalue weighted by molar-refractivity contribution is 0.579. The summed E-state index contributed by atoms with van der Waals surface area (Å²) in [5, 5.41) is 4.24. The first-order valence-corrected chi connectivity index (χ1v) is 7.96. The second kappa shape index (κ2) is 5.44. The van der Waals surface area contributed by atoms with Crippen molar-refractivity contribution in [3.8, 4) is 0 Å². The van der Waals surface area contributed by atoms with Crippen LogP contribution in [0.1, 0.15) is 5.69 Å². The van der Waals surface area contributed by atoms with Crippen LogP contribution in [0.2, 0.25) is 5.02 Å². The molecule has 0 amide bonds. The molecule has 0 atom stereocenters. The van der Waals surface area contributed by atoms with Gasteiger partial charge in [-0.3, -0.25) is 0 Å². The Morgan fingerprint density at radius 2 is 1.95 bits per heavy atom. The van der Waals surface area contributed by atoms with Crippen molar-refractivity contribution < 1.29 is 8.42 Å². The number of halogens is 1. The Kier molecular flexibility index (Phi) is 3.62. The molecule has 0 aliphatic heterocycles. The number of benzene rings is 1. The standard InChI is InChI=1S/C13H11ClN4O2S/c14-11-5-1-2-6-12(11)21(19,20)17-8-10-4-3-7-13-15-9-16-18(10)13/h1-7,9,17H,8H2. The molecular weight excluding hydrogens is 312 g/mol. The zero-order chi connectivity index (χ0) is 14.9. The number of hydrogen-bond acceptors (Lipinski definition) is 4. The van der Waals surface area contributed by atoms with E-state index in [2.05, 4.69) is 14.8 Å². The summed E-state index contributed by atoms with van der Waals surface area (Å²) in [5.41, 5.74) is 1.34. The first-order chi connectivity index (χ1) is 10.1. The molecule has 0 aliphatic rings. The third-order valence-electron chi connectivity index (χ3n) is 2.95. The van der Waals surface area contributed by atoms with Crippen LogP contribution in [0.5, 0.6) is 0 Å². The van der Waals surface area contributed by atoms with Crippen molar-refractivity contribution in [2.45, 2.75) is 11.4 Å². The quantitative estimate of drug-likeness (QED) is 0.795. The van der Waals surface area contributed by atoms with Crippen LogP contribution in [0, 0.1) is 0 Å². The van der Waals surface area contributed by atoms with Crippen LogP contribution >= 0.6 is 11.6 Å². The van der Waals surface area contributed by atoms with E-state index in [1.807, 2.05) is 0 Å². The first kappa shape index (κ1) is 14.0. The highest BCUT2D eigenvalue weighted by molar-refractivity contribution is 7.89. The molecule has 0 aliphatic carbocycles. The van der Waals surface area contributed by atoms with Gasteiger partial charge in [-0.25, -0.2) is 22.6 Å². The number of fused-ring (bicyclic) bond motifs is 1. The number of nitrogens with zero attached hydrogens (tertiary/aromatic N) is 3. The van der Waals surface area contributed by atoms with Crippen molar-refractivity contribution in [2.24, 2.45) is 0 Å². The summed E-state index contributed by atoms with van der Waals surface area (Å²) >= 11 is 5.92. The normalized spacial score (nSPS) is 11.9. The van der Waals surface area contributed by atoms with Gasteiger partial charge in [0.1, 0.15) is 11.2 Å². The van der Waals surface area contributed by atoms with E-state index >= 15 is 0 Å². The van der Waals surface area contributed by atoms with Crippen molar-refractivity contribution in [1.82, 2.24) is 19.3 Å². The van der Waals surface area contributed by atoms with E-state index in [0.29, 0.717) is 11.3 Å². The van der Waals surface area contributed by atoms with E-state index in [1.54, 1.807) is 34.8 Å². The summed E-state index contributed by atoms with van der Waals surface area (Å²) in [4.78, 5) is 4.10. The Morgan fingerprint density at radius 3 is 2.76 bits per heavy atom. The SMILES string of the molecule is O=S(=O)(NCc1cccc2ncnn12)c1ccccc1Cl. The maximum Gasteiger partial charge on any atom is 0.242 e. The Bertz CT molecular complexity index is 892. The molecule has 2 heterocycles. The van der Waals surface area contributed by atoms with Crippen LogP contribution in [0.4, 0.5) is 0 Å². The molecule has 1 aromatic carbocycles. The van der Waals surface area contributed by atoms with Crippen LogP contribution in [-0.2, 0) is 16.6 Å². The van der Waals surface area contributed by atoms with Gasteiger partial charge in [0.25, 0.3) is 0 Å². The fraction of sp³-hybridized carbons (Fsp3) is 0.0769. The highest BCUT2D eigenvalue weighted by Crippen LogP contribution is 2.20. The molecule has 0 spiro atoms. The smallest absolute Gasteiger partial charge is 0.217 e. The van der Waals surface area contributed by atoms with E-state index < -0.39 is 10.0 Å². The van der Waals surface area contributed by atoms with Crippen LogP contribution in [0.25, 0.3) is 5.65 Å². The number of nitrogens with one attached hydrogen (secondary N) is 1. The van der Waals surface area contributed by atoms with Gasteiger partial charge in [-0.1, -0.05) is 29.8 Å². The average molecular weight is 323 g/mol. The Labute approximate surface area is 126 Å². The molecule has 8 heteroatoms. The highest BCUT2D eigenvalue weighted by Gasteiger charge is 2.17. The summed E-state index contributed by atoms with van der Waals surface area (Å²) in [6, 6.07) is 11.7. The van der Waals surface area contributed by atoms with Crippen molar-refractivity contribution >= 4 is 27.3 Å². The van der Waals surface area contributed by atoms with Crippen LogP contribution < -0.4 is 4.72 Å². The lowest BCUT2D eigenvalue weighted by Crippen LogP contribution is -2.24. The minimum atomic E-state index is -3.68. The van der Waals surface area contributed by atoms with E-state index in [4.69, 9.17) is 11.6 Å². The van der Waals surface area contributed by atoms with E-state index in [1.165, 1.54) is 18.5 Å². The highest BCUT2D eigenvalue weighted by atomic mass is 35.5. The molecule has 21 heavy (non-hydrogen) atoms. The number of sulfonamides is 1. The molecule has 0 saturated heterocycles. The largest absolute Gasteiger partial charge is 0.242 e. The Balaban J connectivity index is 1.88. The third kappa shape index (κ3) is 2.76. The van der Waals surface area contributed by atoms with Gasteiger partial charge in [0.05, 0.1) is 17.3 Å². The van der Waals surface area contributed by atoms with Crippen LogP contribution in [-0.4, -0.2) is 23.0 Å². The van der Waals surface area contributed by atoms with Gasteiger partial charge < -0.3 is 0 Å². The molecule has 2 aromatic heterocycles. The zero-order valence-corrected chi connectivity index (χ0v) is 12.3.